The minimum atomic E-state index is -4.71. The Morgan fingerprint density at radius 3 is 2.42 bits per heavy atom. The molecule has 2 aromatic rings. The van der Waals surface area contributed by atoms with Crippen molar-refractivity contribution < 1.29 is 17.9 Å². The highest BCUT2D eigenvalue weighted by Crippen LogP contribution is 2.23. The summed E-state index contributed by atoms with van der Waals surface area (Å²) >= 11 is 0. The van der Waals surface area contributed by atoms with Gasteiger partial charge in [0, 0.05) is 25.8 Å². The Balaban J connectivity index is 1.53. The average molecular weight is 338 g/mol. The Hall–Kier alpha value is -2.51. The molecule has 1 N–H and O–H groups in total. The van der Waals surface area contributed by atoms with Crippen LogP contribution in [0, 0.1) is 0 Å². The molecule has 1 aliphatic heterocycles. The predicted octanol–water partition coefficient (Wildman–Crippen LogP) is 3.59. The van der Waals surface area contributed by atoms with Gasteiger partial charge >= 0.3 is 6.36 Å². The molecule has 0 aliphatic carbocycles. The van der Waals surface area contributed by atoms with Gasteiger partial charge in [0.1, 0.15) is 17.4 Å². The van der Waals surface area contributed by atoms with E-state index in [0.717, 1.165) is 30.7 Å². The Labute approximate surface area is 137 Å². The molecule has 5 nitrogen and oxygen atoms in total. The Morgan fingerprint density at radius 1 is 1.04 bits per heavy atom. The van der Waals surface area contributed by atoms with Gasteiger partial charge in [-0.25, -0.2) is 9.97 Å². The van der Waals surface area contributed by atoms with Gasteiger partial charge in [-0.3, -0.25) is 0 Å². The van der Waals surface area contributed by atoms with E-state index in [0.29, 0.717) is 12.4 Å². The van der Waals surface area contributed by atoms with Crippen LogP contribution in [0.15, 0.2) is 36.7 Å². The number of alkyl halides is 3. The van der Waals surface area contributed by atoms with Gasteiger partial charge < -0.3 is 15.0 Å². The zero-order valence-electron chi connectivity index (χ0n) is 12.9. The third kappa shape index (κ3) is 4.50. The van der Waals surface area contributed by atoms with Gasteiger partial charge in [-0.2, -0.15) is 0 Å². The Morgan fingerprint density at radius 2 is 1.83 bits per heavy atom. The summed E-state index contributed by atoms with van der Waals surface area (Å²) in [6.45, 7) is 2.57. The van der Waals surface area contributed by atoms with Crippen LogP contribution >= 0.6 is 0 Å². The van der Waals surface area contributed by atoms with E-state index in [1.807, 2.05) is 12.1 Å². The van der Waals surface area contributed by atoms with Gasteiger partial charge in [0.2, 0.25) is 0 Å². The first-order chi connectivity index (χ1) is 11.5. The number of anilines is 2. The quantitative estimate of drug-likeness (QED) is 0.903. The van der Waals surface area contributed by atoms with Crippen LogP contribution in [-0.2, 0) is 6.54 Å². The lowest BCUT2D eigenvalue weighted by Crippen LogP contribution is -2.18. The monoisotopic (exact) mass is 338 g/mol. The van der Waals surface area contributed by atoms with Crippen LogP contribution in [0.2, 0.25) is 0 Å². The minimum Gasteiger partial charge on any atom is -0.404 e. The topological polar surface area (TPSA) is 50.3 Å². The zero-order chi connectivity index (χ0) is 17.0. The smallest absolute Gasteiger partial charge is 0.404 e. The minimum absolute atomic E-state index is 0.343. The molecule has 0 spiro atoms. The number of halogens is 3. The highest BCUT2D eigenvalue weighted by molar-refractivity contribution is 5.42. The van der Waals surface area contributed by atoms with Crippen LogP contribution < -0.4 is 15.0 Å². The predicted molar refractivity (Wildman–Crippen MR) is 83.9 cm³/mol. The first-order valence-electron chi connectivity index (χ1n) is 7.65. The SMILES string of the molecule is FC(F)(F)Oc1ccc(NCc2ccc(N3CCCC3)nc2)nc1. The third-order valence-corrected chi connectivity index (χ3v) is 3.68. The van der Waals surface area contributed by atoms with Gasteiger partial charge in [0.25, 0.3) is 0 Å². The summed E-state index contributed by atoms with van der Waals surface area (Å²) in [5.41, 5.74) is 0.968. The third-order valence-electron chi connectivity index (χ3n) is 3.68. The summed E-state index contributed by atoms with van der Waals surface area (Å²) in [6, 6.07) is 6.62. The van der Waals surface area contributed by atoms with Crippen LogP contribution in [0.3, 0.4) is 0 Å². The fourth-order valence-electron chi connectivity index (χ4n) is 2.53. The second-order valence-corrected chi connectivity index (χ2v) is 5.50. The van der Waals surface area contributed by atoms with Crippen molar-refractivity contribution in [3.8, 4) is 5.75 Å². The average Bonchev–Trinajstić information content (AvgIpc) is 3.08. The maximum absolute atomic E-state index is 12.1. The van der Waals surface area contributed by atoms with E-state index in [-0.39, 0.29) is 5.75 Å². The van der Waals surface area contributed by atoms with Crippen molar-refractivity contribution in [3.63, 3.8) is 0 Å². The molecule has 2 aromatic heterocycles. The molecule has 0 atom stereocenters. The first kappa shape index (κ1) is 16.4. The number of rotatable bonds is 5. The van der Waals surface area contributed by atoms with Gasteiger partial charge in [0.05, 0.1) is 6.20 Å². The first-order valence-corrected chi connectivity index (χ1v) is 7.65. The fraction of sp³-hybridized carbons (Fsp3) is 0.375. The molecule has 0 saturated carbocycles. The number of ether oxygens (including phenoxy) is 1. The molecule has 24 heavy (non-hydrogen) atoms. The summed E-state index contributed by atoms with van der Waals surface area (Å²) < 4.78 is 40.0. The van der Waals surface area contributed by atoms with Crippen LogP contribution in [0.1, 0.15) is 18.4 Å². The summed E-state index contributed by atoms with van der Waals surface area (Å²) in [4.78, 5) is 10.6. The summed E-state index contributed by atoms with van der Waals surface area (Å²) in [6.07, 6.45) is 0.515. The molecule has 0 aromatic carbocycles. The maximum atomic E-state index is 12.1. The molecule has 8 heteroatoms. The second kappa shape index (κ2) is 6.94. The number of nitrogens with one attached hydrogen (secondary N) is 1. The Kier molecular flexibility index (Phi) is 4.73. The van der Waals surface area contributed by atoms with Gasteiger partial charge in [0.15, 0.2) is 0 Å². The van der Waals surface area contributed by atoms with Crippen LogP contribution in [-0.4, -0.2) is 29.4 Å². The number of pyridine rings is 2. The van der Waals surface area contributed by atoms with E-state index in [4.69, 9.17) is 0 Å². The number of nitrogens with zero attached hydrogens (tertiary/aromatic N) is 3. The number of hydrogen-bond acceptors (Lipinski definition) is 5. The maximum Gasteiger partial charge on any atom is 0.573 e. The molecule has 3 rings (SSSR count). The van der Waals surface area contributed by atoms with Crippen molar-refractivity contribution in [2.24, 2.45) is 0 Å². The van der Waals surface area contributed by atoms with E-state index < -0.39 is 6.36 Å². The lowest BCUT2D eigenvalue weighted by molar-refractivity contribution is -0.274. The zero-order valence-corrected chi connectivity index (χ0v) is 12.9. The van der Waals surface area contributed by atoms with Crippen LogP contribution in [0.25, 0.3) is 0 Å². The lowest BCUT2D eigenvalue weighted by atomic mass is 10.2. The molecule has 0 radical (unpaired) electrons. The van der Waals surface area contributed by atoms with Gasteiger partial charge in [-0.15, -0.1) is 13.2 Å². The summed E-state index contributed by atoms with van der Waals surface area (Å²) in [5.74, 6) is 1.10. The van der Waals surface area contributed by atoms with Crippen molar-refractivity contribution in [1.82, 2.24) is 9.97 Å². The standard InChI is InChI=1S/C16H17F3N4O/c17-16(18,19)24-13-4-5-14(21-11-13)20-9-12-3-6-15(22-10-12)23-7-1-2-8-23/h3-6,10-11H,1-2,7-9H2,(H,20,21). The van der Waals surface area contributed by atoms with E-state index in [2.05, 4.69) is 24.9 Å². The molecular formula is C16H17F3N4O. The highest BCUT2D eigenvalue weighted by Gasteiger charge is 2.31. The van der Waals surface area contributed by atoms with E-state index in [9.17, 15) is 13.2 Å². The van der Waals surface area contributed by atoms with Crippen molar-refractivity contribution in [3.05, 3.63) is 42.2 Å². The fourth-order valence-corrected chi connectivity index (χ4v) is 2.53. The molecule has 0 amide bonds. The highest BCUT2D eigenvalue weighted by atomic mass is 19.4. The molecule has 3 heterocycles. The second-order valence-electron chi connectivity index (χ2n) is 5.50. The molecular weight excluding hydrogens is 321 g/mol. The summed E-state index contributed by atoms with van der Waals surface area (Å²) in [7, 11) is 0. The van der Waals surface area contributed by atoms with Crippen molar-refractivity contribution >= 4 is 11.6 Å². The van der Waals surface area contributed by atoms with E-state index >= 15 is 0 Å². The van der Waals surface area contributed by atoms with Gasteiger partial charge in [-0.05, 0) is 36.6 Å². The molecule has 1 aliphatic rings. The van der Waals surface area contributed by atoms with E-state index in [1.165, 1.54) is 25.0 Å². The normalized spacial score (nSPS) is 14.7. The van der Waals surface area contributed by atoms with Gasteiger partial charge in [-0.1, -0.05) is 6.07 Å². The summed E-state index contributed by atoms with van der Waals surface area (Å²) in [5, 5.41) is 3.04. The molecule has 1 fully saturated rings. The molecule has 128 valence electrons. The number of aromatic nitrogens is 2. The molecule has 0 bridgehead atoms. The van der Waals surface area contributed by atoms with Crippen molar-refractivity contribution in [2.75, 3.05) is 23.3 Å². The molecule has 0 unspecified atom stereocenters. The number of hydrogen-bond donors (Lipinski definition) is 1. The Bertz CT molecular complexity index is 653. The lowest BCUT2D eigenvalue weighted by Gasteiger charge is -2.16. The van der Waals surface area contributed by atoms with Crippen LogP contribution in [0.5, 0.6) is 5.75 Å². The van der Waals surface area contributed by atoms with Crippen molar-refractivity contribution in [1.29, 1.82) is 0 Å². The van der Waals surface area contributed by atoms with Crippen molar-refractivity contribution in [2.45, 2.75) is 25.7 Å². The largest absolute Gasteiger partial charge is 0.573 e. The van der Waals surface area contributed by atoms with E-state index in [1.54, 1.807) is 6.20 Å². The molecule has 1 saturated heterocycles. The van der Waals surface area contributed by atoms with Crippen LogP contribution in [0.4, 0.5) is 24.8 Å².